The summed E-state index contributed by atoms with van der Waals surface area (Å²) in [5.74, 6) is 2.91. The van der Waals surface area contributed by atoms with Gasteiger partial charge < -0.3 is 14.3 Å². The predicted octanol–water partition coefficient (Wildman–Crippen LogP) is 3.55. The van der Waals surface area contributed by atoms with E-state index in [1.54, 1.807) is 0 Å². The first-order valence-electron chi connectivity index (χ1n) is 8.30. The van der Waals surface area contributed by atoms with Crippen LogP contribution in [0.25, 0.3) is 0 Å². The molecule has 2 aromatic heterocycles. The summed E-state index contributed by atoms with van der Waals surface area (Å²) in [6.07, 6.45) is 4.59. The first-order valence-corrected chi connectivity index (χ1v) is 8.68. The standard InChI is InChI=1S/C18H19ClN2O3/c1-10-6-14(10)16-5-4-13(24-16)9-21(12-2-3-12)18(23)11-7-15(19)17(22)20-8-11/h4-5,7-8,10,12,14H,2-3,6,9H2,1H3,(H,20,22)/t10-,14+/m0/s1. The lowest BCUT2D eigenvalue weighted by Crippen LogP contribution is -2.33. The number of nitrogens with one attached hydrogen (secondary N) is 1. The van der Waals surface area contributed by atoms with E-state index in [0.717, 1.165) is 24.4 Å². The Balaban J connectivity index is 1.53. The number of carbonyl (C=O) groups excluding carboxylic acids is 1. The third-order valence-electron chi connectivity index (χ3n) is 4.84. The quantitative estimate of drug-likeness (QED) is 0.900. The molecule has 2 saturated carbocycles. The van der Waals surface area contributed by atoms with E-state index in [-0.39, 0.29) is 22.5 Å². The smallest absolute Gasteiger partial charge is 0.266 e. The number of pyridine rings is 1. The van der Waals surface area contributed by atoms with Gasteiger partial charge in [-0.25, -0.2) is 0 Å². The zero-order valence-corrected chi connectivity index (χ0v) is 14.2. The Hall–Kier alpha value is -2.01. The number of hydrogen-bond donors (Lipinski definition) is 1. The second-order valence-corrected chi connectivity index (χ2v) is 7.26. The van der Waals surface area contributed by atoms with Crippen molar-refractivity contribution in [3.8, 4) is 0 Å². The maximum absolute atomic E-state index is 12.8. The molecule has 2 atom stereocenters. The highest BCUT2D eigenvalue weighted by atomic mass is 35.5. The Morgan fingerprint density at radius 1 is 1.42 bits per heavy atom. The molecule has 1 N–H and O–H groups in total. The zero-order valence-electron chi connectivity index (χ0n) is 13.4. The van der Waals surface area contributed by atoms with E-state index in [0.29, 0.717) is 23.9 Å². The molecule has 0 bridgehead atoms. The molecule has 0 saturated heterocycles. The number of furan rings is 1. The monoisotopic (exact) mass is 346 g/mol. The highest BCUT2D eigenvalue weighted by Crippen LogP contribution is 2.47. The van der Waals surface area contributed by atoms with Crippen LogP contribution in [-0.4, -0.2) is 21.8 Å². The predicted molar refractivity (Wildman–Crippen MR) is 90.2 cm³/mol. The van der Waals surface area contributed by atoms with Crippen molar-refractivity contribution in [3.63, 3.8) is 0 Å². The average molecular weight is 347 g/mol. The van der Waals surface area contributed by atoms with Crippen LogP contribution in [0.4, 0.5) is 0 Å². The summed E-state index contributed by atoms with van der Waals surface area (Å²) in [7, 11) is 0. The van der Waals surface area contributed by atoms with Gasteiger partial charge in [-0.05, 0) is 43.4 Å². The van der Waals surface area contributed by atoms with Gasteiger partial charge in [-0.2, -0.15) is 0 Å². The number of hydrogen-bond acceptors (Lipinski definition) is 3. The van der Waals surface area contributed by atoms with Gasteiger partial charge >= 0.3 is 0 Å². The van der Waals surface area contributed by atoms with Crippen molar-refractivity contribution >= 4 is 17.5 Å². The minimum atomic E-state index is -0.389. The van der Waals surface area contributed by atoms with Crippen LogP contribution in [0.1, 0.15) is 54.0 Å². The van der Waals surface area contributed by atoms with Gasteiger partial charge in [0.05, 0.1) is 12.1 Å². The topological polar surface area (TPSA) is 66.3 Å². The molecule has 2 aliphatic carbocycles. The Kier molecular flexibility index (Phi) is 3.76. The molecule has 0 radical (unpaired) electrons. The summed E-state index contributed by atoms with van der Waals surface area (Å²) in [5.41, 5.74) is 0.00881. The first-order chi connectivity index (χ1) is 11.5. The summed E-state index contributed by atoms with van der Waals surface area (Å²) in [5, 5.41) is 0.0274. The minimum Gasteiger partial charge on any atom is -0.464 e. The maximum atomic E-state index is 12.8. The van der Waals surface area contributed by atoms with Crippen molar-refractivity contribution in [1.82, 2.24) is 9.88 Å². The summed E-state index contributed by atoms with van der Waals surface area (Å²) in [6, 6.07) is 5.65. The lowest BCUT2D eigenvalue weighted by Gasteiger charge is -2.21. The van der Waals surface area contributed by atoms with E-state index in [1.807, 2.05) is 17.0 Å². The van der Waals surface area contributed by atoms with E-state index in [1.165, 1.54) is 18.7 Å². The largest absolute Gasteiger partial charge is 0.464 e. The number of nitrogens with zero attached hydrogens (tertiary/aromatic N) is 1. The lowest BCUT2D eigenvalue weighted by molar-refractivity contribution is 0.0716. The molecule has 126 valence electrons. The van der Waals surface area contributed by atoms with E-state index in [2.05, 4.69) is 11.9 Å². The number of H-pyrrole nitrogens is 1. The highest BCUT2D eigenvalue weighted by molar-refractivity contribution is 6.30. The van der Waals surface area contributed by atoms with Gasteiger partial charge in [0.1, 0.15) is 16.5 Å². The minimum absolute atomic E-state index is 0.0274. The van der Waals surface area contributed by atoms with Gasteiger partial charge in [0.25, 0.3) is 11.5 Å². The molecule has 2 aromatic rings. The van der Waals surface area contributed by atoms with Crippen molar-refractivity contribution in [3.05, 3.63) is 56.9 Å². The fraction of sp³-hybridized carbons (Fsp3) is 0.444. The van der Waals surface area contributed by atoms with Crippen LogP contribution in [-0.2, 0) is 6.54 Å². The normalized spacial score (nSPS) is 22.4. The lowest BCUT2D eigenvalue weighted by atomic mass is 10.2. The Bertz CT molecular complexity index is 837. The summed E-state index contributed by atoms with van der Waals surface area (Å²) in [6.45, 7) is 2.66. The van der Waals surface area contributed by atoms with Gasteiger partial charge in [0.2, 0.25) is 0 Å². The molecule has 0 spiro atoms. The van der Waals surface area contributed by atoms with Gasteiger partial charge in [0.15, 0.2) is 0 Å². The number of amides is 1. The highest BCUT2D eigenvalue weighted by Gasteiger charge is 2.37. The molecule has 6 heteroatoms. The molecule has 0 aromatic carbocycles. The van der Waals surface area contributed by atoms with Gasteiger partial charge in [-0.3, -0.25) is 9.59 Å². The molecule has 0 aliphatic heterocycles. The number of aromatic amines is 1. The van der Waals surface area contributed by atoms with Crippen LogP contribution in [0.2, 0.25) is 5.02 Å². The van der Waals surface area contributed by atoms with E-state index >= 15 is 0 Å². The van der Waals surface area contributed by atoms with Crippen molar-refractivity contribution in [2.24, 2.45) is 5.92 Å². The van der Waals surface area contributed by atoms with Gasteiger partial charge in [0, 0.05) is 18.2 Å². The molecule has 2 fully saturated rings. The third kappa shape index (κ3) is 3.00. The van der Waals surface area contributed by atoms with Crippen molar-refractivity contribution in [2.45, 2.75) is 44.7 Å². The number of rotatable bonds is 5. The second-order valence-electron chi connectivity index (χ2n) is 6.85. The Labute approximate surface area is 144 Å². The molecular weight excluding hydrogens is 328 g/mol. The first kappa shape index (κ1) is 15.5. The SMILES string of the molecule is C[C@H]1C[C@H]1c1ccc(CN(C(=O)c2c[nH]c(=O)c(Cl)c2)C2CC2)o1. The number of carbonyl (C=O) groups is 1. The number of aromatic nitrogens is 1. The summed E-state index contributed by atoms with van der Waals surface area (Å²) < 4.78 is 5.94. The molecule has 24 heavy (non-hydrogen) atoms. The van der Waals surface area contributed by atoms with Crippen LogP contribution < -0.4 is 5.56 Å². The van der Waals surface area contributed by atoms with Crippen LogP contribution in [0.3, 0.4) is 0 Å². The van der Waals surface area contributed by atoms with Crippen LogP contribution in [0, 0.1) is 5.92 Å². The molecule has 5 nitrogen and oxygen atoms in total. The van der Waals surface area contributed by atoms with Crippen molar-refractivity contribution < 1.29 is 9.21 Å². The summed E-state index contributed by atoms with van der Waals surface area (Å²) in [4.78, 5) is 28.5. The molecule has 1 amide bonds. The van der Waals surface area contributed by atoms with Gasteiger partial charge in [-0.15, -0.1) is 0 Å². The zero-order chi connectivity index (χ0) is 16.8. The van der Waals surface area contributed by atoms with Crippen LogP contribution >= 0.6 is 11.6 Å². The molecule has 2 aliphatic rings. The Morgan fingerprint density at radius 3 is 2.79 bits per heavy atom. The van der Waals surface area contributed by atoms with Crippen molar-refractivity contribution in [2.75, 3.05) is 0 Å². The molecule has 4 rings (SSSR count). The molecule has 2 heterocycles. The third-order valence-corrected chi connectivity index (χ3v) is 5.12. The van der Waals surface area contributed by atoms with Crippen molar-refractivity contribution in [1.29, 1.82) is 0 Å². The average Bonchev–Trinajstić information content (AvgIpc) is 3.48. The maximum Gasteiger partial charge on any atom is 0.266 e. The van der Waals surface area contributed by atoms with E-state index < -0.39 is 0 Å². The number of halogens is 1. The van der Waals surface area contributed by atoms with Gasteiger partial charge in [-0.1, -0.05) is 18.5 Å². The van der Waals surface area contributed by atoms with Crippen LogP contribution in [0.15, 0.2) is 33.6 Å². The van der Waals surface area contributed by atoms with Crippen LogP contribution in [0.5, 0.6) is 0 Å². The fourth-order valence-electron chi connectivity index (χ4n) is 3.06. The molecular formula is C18H19ClN2O3. The second kappa shape index (κ2) is 5.81. The van der Waals surface area contributed by atoms with E-state index in [4.69, 9.17) is 16.0 Å². The van der Waals surface area contributed by atoms with E-state index in [9.17, 15) is 9.59 Å². The Morgan fingerprint density at radius 2 is 2.17 bits per heavy atom. The molecule has 0 unspecified atom stereocenters. The summed E-state index contributed by atoms with van der Waals surface area (Å²) >= 11 is 5.84. The fourth-order valence-corrected chi connectivity index (χ4v) is 3.24.